The Bertz CT molecular complexity index is 301. The lowest BCUT2D eigenvalue weighted by atomic mass is 9.97. The zero-order valence-corrected chi connectivity index (χ0v) is 8.02. The molecule has 0 amide bonds. The van der Waals surface area contributed by atoms with E-state index in [4.69, 9.17) is 5.73 Å². The molecule has 14 heavy (non-hydrogen) atoms. The minimum atomic E-state index is -4.36. The van der Waals surface area contributed by atoms with Crippen LogP contribution in [0.2, 0.25) is 0 Å². The molecule has 0 aliphatic heterocycles. The fraction of sp³-hybridized carbons (Fsp3) is 0.556. The Morgan fingerprint density at radius 3 is 2.36 bits per heavy atom. The van der Waals surface area contributed by atoms with Gasteiger partial charge in [-0.05, 0) is 17.5 Å². The van der Waals surface area contributed by atoms with Crippen molar-refractivity contribution in [2.45, 2.75) is 26.1 Å². The summed E-state index contributed by atoms with van der Waals surface area (Å²) in [5, 5.41) is 0. The summed E-state index contributed by atoms with van der Waals surface area (Å²) < 4.78 is 37.3. The van der Waals surface area contributed by atoms with Crippen LogP contribution in [0.25, 0.3) is 0 Å². The van der Waals surface area contributed by atoms with Gasteiger partial charge >= 0.3 is 6.18 Å². The number of halogens is 3. The van der Waals surface area contributed by atoms with Gasteiger partial charge in [-0.2, -0.15) is 13.2 Å². The van der Waals surface area contributed by atoms with Crippen LogP contribution >= 0.6 is 0 Å². The first-order valence-electron chi connectivity index (χ1n) is 4.34. The second kappa shape index (κ2) is 3.65. The van der Waals surface area contributed by atoms with Gasteiger partial charge in [0.1, 0.15) is 5.69 Å². The topological polar surface area (TPSA) is 41.8 Å². The molecule has 80 valence electrons. The van der Waals surface area contributed by atoms with Crippen LogP contribution < -0.4 is 5.73 Å². The first-order valence-corrected chi connectivity index (χ1v) is 4.34. The van der Waals surface area contributed by atoms with E-state index in [9.17, 15) is 13.2 Å². The third kappa shape index (κ3) is 2.09. The molecule has 1 aromatic heterocycles. The first-order chi connectivity index (χ1) is 6.34. The normalized spacial score (nSPS) is 14.8. The maximum atomic E-state index is 12.4. The van der Waals surface area contributed by atoms with Gasteiger partial charge in [0.15, 0.2) is 0 Å². The molecule has 0 spiro atoms. The lowest BCUT2D eigenvalue weighted by Crippen LogP contribution is -2.20. The molecular weight excluding hydrogens is 193 g/mol. The number of aromatic amines is 1. The minimum absolute atomic E-state index is 0.0214. The van der Waals surface area contributed by atoms with Gasteiger partial charge in [-0.1, -0.05) is 13.8 Å². The predicted octanol–water partition coefficient (Wildman–Crippen LogP) is 2.69. The number of H-pyrrole nitrogens is 1. The fourth-order valence-corrected chi connectivity index (χ4v) is 1.26. The molecule has 0 aromatic carbocycles. The Morgan fingerprint density at radius 2 is 1.93 bits per heavy atom. The van der Waals surface area contributed by atoms with E-state index in [-0.39, 0.29) is 11.5 Å². The van der Waals surface area contributed by atoms with Crippen LogP contribution in [0, 0.1) is 5.92 Å². The van der Waals surface area contributed by atoms with Gasteiger partial charge in [0.05, 0.1) is 0 Å². The Labute approximate surface area is 80.3 Å². The lowest BCUT2D eigenvalue weighted by molar-refractivity contribution is -0.141. The fourth-order valence-electron chi connectivity index (χ4n) is 1.26. The van der Waals surface area contributed by atoms with E-state index < -0.39 is 17.9 Å². The molecular formula is C9H13F3N2. The number of aromatic nitrogens is 1. The van der Waals surface area contributed by atoms with Gasteiger partial charge < -0.3 is 10.7 Å². The molecule has 1 rings (SSSR count). The van der Waals surface area contributed by atoms with Crippen LogP contribution in [-0.2, 0) is 6.18 Å². The summed E-state index contributed by atoms with van der Waals surface area (Å²) in [6, 6.07) is 0.797. The molecule has 0 saturated heterocycles. The quantitative estimate of drug-likeness (QED) is 0.767. The molecule has 1 atom stereocenters. The summed E-state index contributed by atoms with van der Waals surface area (Å²) in [5.41, 5.74) is 5.05. The highest BCUT2D eigenvalue weighted by Gasteiger charge is 2.36. The maximum Gasteiger partial charge on any atom is 0.431 e. The monoisotopic (exact) mass is 206 g/mol. The van der Waals surface area contributed by atoms with Crippen LogP contribution in [0.1, 0.15) is 31.1 Å². The Balaban J connectivity index is 3.05. The van der Waals surface area contributed by atoms with Gasteiger partial charge in [-0.25, -0.2) is 0 Å². The third-order valence-electron chi connectivity index (χ3n) is 2.14. The van der Waals surface area contributed by atoms with E-state index in [2.05, 4.69) is 4.98 Å². The zero-order chi connectivity index (χ0) is 10.9. The third-order valence-corrected chi connectivity index (χ3v) is 2.14. The Hall–Kier alpha value is -0.970. The highest BCUT2D eigenvalue weighted by Crippen LogP contribution is 2.34. The average Bonchev–Trinajstić information content (AvgIpc) is 2.48. The van der Waals surface area contributed by atoms with Crippen molar-refractivity contribution in [1.82, 2.24) is 4.98 Å². The molecule has 1 heterocycles. The van der Waals surface area contributed by atoms with Crippen LogP contribution in [0.5, 0.6) is 0 Å². The van der Waals surface area contributed by atoms with Gasteiger partial charge in [0.2, 0.25) is 0 Å². The molecule has 2 nitrogen and oxygen atoms in total. The Morgan fingerprint density at radius 1 is 1.36 bits per heavy atom. The van der Waals surface area contributed by atoms with Crippen molar-refractivity contribution in [3.63, 3.8) is 0 Å². The van der Waals surface area contributed by atoms with Crippen LogP contribution in [0.4, 0.5) is 13.2 Å². The molecule has 0 aliphatic rings. The summed E-state index contributed by atoms with van der Waals surface area (Å²) in [4.78, 5) is 2.18. The van der Waals surface area contributed by atoms with Crippen LogP contribution in [0.3, 0.4) is 0 Å². The van der Waals surface area contributed by atoms with Crippen molar-refractivity contribution in [3.8, 4) is 0 Å². The molecule has 5 heteroatoms. The number of hydrogen-bond acceptors (Lipinski definition) is 1. The number of nitrogens with two attached hydrogens (primary N) is 1. The lowest BCUT2D eigenvalue weighted by Gasteiger charge is -2.17. The summed E-state index contributed by atoms with van der Waals surface area (Å²) in [7, 11) is 0. The van der Waals surface area contributed by atoms with Crippen LogP contribution in [0.15, 0.2) is 12.3 Å². The molecule has 0 aliphatic carbocycles. The number of nitrogens with one attached hydrogen (secondary N) is 1. The highest BCUT2D eigenvalue weighted by molar-refractivity contribution is 5.26. The number of alkyl halides is 3. The molecule has 1 aromatic rings. The standard InChI is InChI=1S/C9H13F3N2/c1-5(2)7(13)6-3-4-14-8(6)9(10,11)12/h3-5,7,14H,13H2,1-2H3. The van der Waals surface area contributed by atoms with Crippen molar-refractivity contribution in [1.29, 1.82) is 0 Å². The van der Waals surface area contributed by atoms with Crippen molar-refractivity contribution >= 4 is 0 Å². The van der Waals surface area contributed by atoms with Gasteiger partial charge in [-0.3, -0.25) is 0 Å². The van der Waals surface area contributed by atoms with E-state index in [1.165, 1.54) is 12.3 Å². The number of rotatable bonds is 2. The molecule has 3 N–H and O–H groups in total. The predicted molar refractivity (Wildman–Crippen MR) is 47.6 cm³/mol. The van der Waals surface area contributed by atoms with E-state index in [1.54, 1.807) is 13.8 Å². The van der Waals surface area contributed by atoms with Crippen molar-refractivity contribution in [3.05, 3.63) is 23.5 Å². The molecule has 0 bridgehead atoms. The van der Waals surface area contributed by atoms with E-state index >= 15 is 0 Å². The SMILES string of the molecule is CC(C)C(N)c1cc[nH]c1C(F)(F)F. The minimum Gasteiger partial charge on any atom is -0.357 e. The van der Waals surface area contributed by atoms with Crippen molar-refractivity contribution in [2.75, 3.05) is 0 Å². The van der Waals surface area contributed by atoms with Gasteiger partial charge in [0, 0.05) is 12.2 Å². The van der Waals surface area contributed by atoms with Crippen LogP contribution in [-0.4, -0.2) is 4.98 Å². The molecule has 0 radical (unpaired) electrons. The second-order valence-corrected chi connectivity index (χ2v) is 3.58. The average molecular weight is 206 g/mol. The molecule has 1 unspecified atom stereocenters. The molecule has 0 fully saturated rings. The zero-order valence-electron chi connectivity index (χ0n) is 8.02. The summed E-state index contributed by atoms with van der Waals surface area (Å²) in [5.74, 6) is -0.0214. The van der Waals surface area contributed by atoms with E-state index in [0.717, 1.165) is 0 Å². The maximum absolute atomic E-state index is 12.4. The van der Waals surface area contributed by atoms with Gasteiger partial charge in [0.25, 0.3) is 0 Å². The van der Waals surface area contributed by atoms with Gasteiger partial charge in [-0.15, -0.1) is 0 Å². The second-order valence-electron chi connectivity index (χ2n) is 3.58. The summed E-state index contributed by atoms with van der Waals surface area (Å²) >= 11 is 0. The molecule has 0 saturated carbocycles. The largest absolute Gasteiger partial charge is 0.431 e. The van der Waals surface area contributed by atoms with E-state index in [0.29, 0.717) is 0 Å². The highest BCUT2D eigenvalue weighted by atomic mass is 19.4. The smallest absolute Gasteiger partial charge is 0.357 e. The Kier molecular flexibility index (Phi) is 2.89. The summed E-state index contributed by atoms with van der Waals surface area (Å²) in [6.45, 7) is 3.58. The van der Waals surface area contributed by atoms with Crippen molar-refractivity contribution in [2.24, 2.45) is 11.7 Å². The van der Waals surface area contributed by atoms with Crippen molar-refractivity contribution < 1.29 is 13.2 Å². The first kappa shape index (κ1) is 11.1. The van der Waals surface area contributed by atoms with E-state index in [1.807, 2.05) is 0 Å². The number of hydrogen-bond donors (Lipinski definition) is 2. The summed E-state index contributed by atoms with van der Waals surface area (Å²) in [6.07, 6.45) is -3.09.